The molecule has 39 heavy (non-hydrogen) atoms. The van der Waals surface area contributed by atoms with E-state index in [0.29, 0.717) is 11.5 Å². The zero-order valence-electron chi connectivity index (χ0n) is 23.6. The molecule has 0 radical (unpaired) electrons. The van der Waals surface area contributed by atoms with Crippen molar-refractivity contribution < 1.29 is 37.5 Å². The molecule has 0 amide bonds. The van der Waals surface area contributed by atoms with Crippen LogP contribution in [0.2, 0.25) is 0 Å². The summed E-state index contributed by atoms with van der Waals surface area (Å²) in [5, 5.41) is 17.3. The van der Waals surface area contributed by atoms with Gasteiger partial charge in [-0.2, -0.15) is 0 Å². The first-order chi connectivity index (χ1) is 17.2. The van der Waals surface area contributed by atoms with Crippen LogP contribution in [-0.4, -0.2) is 53.6 Å². The van der Waals surface area contributed by atoms with E-state index in [9.17, 15) is 9.59 Å². The molecule has 2 N–H and O–H groups in total. The van der Waals surface area contributed by atoms with E-state index in [-0.39, 0.29) is 40.9 Å². The van der Waals surface area contributed by atoms with Gasteiger partial charge in [-0.15, -0.1) is 0 Å². The summed E-state index contributed by atoms with van der Waals surface area (Å²) >= 11 is 3.15. The Morgan fingerprint density at radius 3 is 1.28 bits per heavy atom. The molecule has 0 spiro atoms. The fourth-order valence-corrected chi connectivity index (χ4v) is 3.85. The van der Waals surface area contributed by atoms with Crippen molar-refractivity contribution in [1.29, 1.82) is 0 Å². The lowest BCUT2D eigenvalue weighted by atomic mass is 9.49. The molecule has 0 saturated carbocycles. The molecule has 2 fully saturated rings. The van der Waals surface area contributed by atoms with Gasteiger partial charge in [-0.1, -0.05) is 23.4 Å². The molecule has 4 heterocycles. The SMILES string of the molecule is C.CC1(C)OB(B2OC(C)(C)C(C)(C)O2)OC1(C)C.Cc1cc(B(O)O)cc(=O)o1.Cc1cc(Br)cc(=O)o1. The average Bonchev–Trinajstić information content (AvgIpc) is 3.07. The maximum atomic E-state index is 10.6. The van der Waals surface area contributed by atoms with Crippen LogP contribution in [0.4, 0.5) is 0 Å². The highest BCUT2D eigenvalue weighted by Gasteiger charge is 2.63. The maximum Gasteiger partial charge on any atom is 0.488 e. The summed E-state index contributed by atoms with van der Waals surface area (Å²) in [7, 11) is -2.56. The van der Waals surface area contributed by atoms with Crippen LogP contribution in [0.15, 0.2) is 47.2 Å². The molecule has 2 aliphatic heterocycles. The monoisotopic (exact) mass is 612 g/mol. The third-order valence-corrected chi connectivity index (χ3v) is 7.30. The van der Waals surface area contributed by atoms with E-state index in [1.807, 2.05) is 55.4 Å². The zero-order chi connectivity index (χ0) is 29.3. The topological polar surface area (TPSA) is 138 Å². The fourth-order valence-electron chi connectivity index (χ4n) is 3.34. The van der Waals surface area contributed by atoms with Crippen LogP contribution in [0.25, 0.3) is 0 Å². The molecule has 2 aliphatic rings. The summed E-state index contributed by atoms with van der Waals surface area (Å²) in [6.45, 7) is 19.5. The first-order valence-corrected chi connectivity index (χ1v) is 12.9. The molecule has 2 saturated heterocycles. The highest BCUT2D eigenvalue weighted by atomic mass is 79.9. The Kier molecular flexibility index (Phi) is 11.7. The van der Waals surface area contributed by atoms with Crippen molar-refractivity contribution in [3.63, 3.8) is 0 Å². The predicted octanol–water partition coefficient (Wildman–Crippen LogP) is 3.22. The Hall–Kier alpha value is -1.67. The second-order valence-corrected chi connectivity index (χ2v) is 12.1. The largest absolute Gasteiger partial charge is 0.488 e. The van der Waals surface area contributed by atoms with Gasteiger partial charge < -0.3 is 37.5 Å². The predicted molar refractivity (Wildman–Crippen MR) is 156 cm³/mol. The van der Waals surface area contributed by atoms with E-state index in [4.69, 9.17) is 28.7 Å². The molecule has 2 aromatic heterocycles. The normalized spacial score (nSPS) is 19.7. The van der Waals surface area contributed by atoms with Crippen molar-refractivity contribution in [2.24, 2.45) is 0 Å². The van der Waals surface area contributed by atoms with Crippen molar-refractivity contribution in [3.05, 3.63) is 61.1 Å². The van der Waals surface area contributed by atoms with Crippen LogP contribution < -0.4 is 16.7 Å². The lowest BCUT2D eigenvalue weighted by Gasteiger charge is -2.32. The maximum absolute atomic E-state index is 10.6. The highest BCUT2D eigenvalue weighted by Crippen LogP contribution is 2.42. The molecule has 216 valence electrons. The summed E-state index contributed by atoms with van der Waals surface area (Å²) in [6.07, 6.45) is 0. The van der Waals surface area contributed by atoms with Gasteiger partial charge in [0.1, 0.15) is 11.5 Å². The van der Waals surface area contributed by atoms with Crippen molar-refractivity contribution in [2.45, 2.75) is 99.1 Å². The standard InChI is InChI=1S/C12H24B2O4.C6H7BO4.C6H5BrO2.CH4/c1-9(2)10(3,4)16-13(15-9)14-17-11(5,6)12(7,8)18-14;1-4-2-5(7(9)10)3-6(8)11-4;1-4-2-5(7)3-6(8)9-4;/h1-8H3;2-3,9-10H,1H3;2-3H,1H3;1H4. The van der Waals surface area contributed by atoms with E-state index >= 15 is 0 Å². The number of aryl methyl sites for hydroxylation is 2. The minimum Gasteiger partial charge on any atom is -0.428 e. The van der Waals surface area contributed by atoms with E-state index in [0.717, 1.165) is 10.5 Å². The molecule has 2 aromatic rings. The van der Waals surface area contributed by atoms with E-state index in [1.165, 1.54) is 12.1 Å². The Balaban J connectivity index is 0.000000312. The van der Waals surface area contributed by atoms with E-state index < -0.39 is 26.8 Å². The fraction of sp³-hybridized carbons (Fsp3) is 0.600. The quantitative estimate of drug-likeness (QED) is 0.486. The third kappa shape index (κ3) is 9.17. The summed E-state index contributed by atoms with van der Waals surface area (Å²) in [4.78, 5) is 21.1. The highest BCUT2D eigenvalue weighted by molar-refractivity contribution is 9.10. The van der Waals surface area contributed by atoms with Crippen molar-refractivity contribution in [2.75, 3.05) is 0 Å². The molecule has 10 nitrogen and oxygen atoms in total. The van der Waals surface area contributed by atoms with Crippen molar-refractivity contribution in [3.8, 4) is 0 Å². The molecule has 14 heteroatoms. The Labute approximate surface area is 239 Å². The van der Waals surface area contributed by atoms with Gasteiger partial charge in [-0.05, 0) is 86.8 Å². The Bertz CT molecular complexity index is 1130. The van der Waals surface area contributed by atoms with Gasteiger partial charge in [0.25, 0.3) is 0 Å². The first-order valence-electron chi connectivity index (χ1n) is 12.1. The molecule has 0 atom stereocenters. The molecule has 0 bridgehead atoms. The summed E-state index contributed by atoms with van der Waals surface area (Å²) in [5.74, 6) is 0.981. The molecular weight excluding hydrogens is 573 g/mol. The van der Waals surface area contributed by atoms with Crippen LogP contribution in [-0.2, 0) is 18.6 Å². The Morgan fingerprint density at radius 1 is 0.667 bits per heavy atom. The molecule has 4 rings (SSSR count). The van der Waals surface area contributed by atoms with E-state index in [1.54, 1.807) is 19.9 Å². The second kappa shape index (κ2) is 12.9. The molecule has 0 aliphatic carbocycles. The van der Waals surface area contributed by atoms with Gasteiger partial charge in [0.05, 0.1) is 22.4 Å². The van der Waals surface area contributed by atoms with Crippen LogP contribution >= 0.6 is 15.9 Å². The molecule has 0 unspecified atom stereocenters. The number of rotatable bonds is 2. The van der Waals surface area contributed by atoms with Gasteiger partial charge in [0.2, 0.25) is 0 Å². The van der Waals surface area contributed by atoms with Gasteiger partial charge in [0.15, 0.2) is 0 Å². The van der Waals surface area contributed by atoms with Crippen LogP contribution in [0.3, 0.4) is 0 Å². The smallest absolute Gasteiger partial charge is 0.428 e. The van der Waals surface area contributed by atoms with Gasteiger partial charge >= 0.3 is 32.4 Å². The second-order valence-electron chi connectivity index (χ2n) is 11.1. The van der Waals surface area contributed by atoms with Gasteiger partial charge in [-0.25, -0.2) is 9.59 Å². The number of hydrogen-bond donors (Lipinski definition) is 2. The zero-order valence-corrected chi connectivity index (χ0v) is 25.2. The van der Waals surface area contributed by atoms with Crippen LogP contribution in [0.1, 0.15) is 74.3 Å². The lowest BCUT2D eigenvalue weighted by Crippen LogP contribution is -2.41. The summed E-state index contributed by atoms with van der Waals surface area (Å²) < 4.78 is 33.9. The van der Waals surface area contributed by atoms with Gasteiger partial charge in [-0.3, -0.25) is 0 Å². The molecule has 0 aromatic carbocycles. The van der Waals surface area contributed by atoms with Crippen molar-refractivity contribution >= 4 is 42.5 Å². The Morgan fingerprint density at radius 2 is 1.00 bits per heavy atom. The number of hydrogen-bond acceptors (Lipinski definition) is 10. The van der Waals surface area contributed by atoms with Gasteiger partial charge in [0, 0.05) is 16.6 Å². The third-order valence-electron chi connectivity index (χ3n) is 6.84. The van der Waals surface area contributed by atoms with Crippen LogP contribution in [0, 0.1) is 13.8 Å². The summed E-state index contributed by atoms with van der Waals surface area (Å²) in [5.41, 5.74) is -2.18. The summed E-state index contributed by atoms with van der Waals surface area (Å²) in [6, 6.07) is 5.55. The molecular formula is C25H40B3BrO10. The van der Waals surface area contributed by atoms with Crippen molar-refractivity contribution in [1.82, 2.24) is 0 Å². The average molecular weight is 613 g/mol. The minimum atomic E-state index is -1.61. The number of halogens is 1. The first kappa shape index (κ1) is 35.4. The van der Waals surface area contributed by atoms with E-state index in [2.05, 4.69) is 24.8 Å². The minimum absolute atomic E-state index is 0. The van der Waals surface area contributed by atoms with Crippen LogP contribution in [0.5, 0.6) is 0 Å². The lowest BCUT2D eigenvalue weighted by molar-refractivity contribution is 0.00578.